The van der Waals surface area contributed by atoms with E-state index in [4.69, 9.17) is 5.11 Å². The molecule has 0 aliphatic rings. The van der Waals surface area contributed by atoms with E-state index < -0.39 is 0 Å². The Labute approximate surface area is 73.8 Å². The van der Waals surface area contributed by atoms with Crippen LogP contribution in [0, 0.1) is 0 Å². The van der Waals surface area contributed by atoms with Crippen LogP contribution in [0.4, 0.5) is 0 Å². The summed E-state index contributed by atoms with van der Waals surface area (Å²) in [5, 5.41) is 11.9. The molecule has 0 aliphatic carbocycles. The van der Waals surface area contributed by atoms with Crippen molar-refractivity contribution in [1.29, 1.82) is 0 Å². The van der Waals surface area contributed by atoms with Crippen molar-refractivity contribution in [3.63, 3.8) is 0 Å². The van der Waals surface area contributed by atoms with E-state index in [0.29, 0.717) is 6.04 Å². The average molecular weight is 177 g/mol. The highest BCUT2D eigenvalue weighted by molar-refractivity contribution is 7.99. The standard InChI is InChI=1S/C8H19NOS/c1-3-6-11-7-8(9-2)4-5-10/h8-10H,3-7H2,1-2H3. The summed E-state index contributed by atoms with van der Waals surface area (Å²) < 4.78 is 0. The van der Waals surface area contributed by atoms with E-state index in [9.17, 15) is 0 Å². The van der Waals surface area contributed by atoms with Gasteiger partial charge in [-0.3, -0.25) is 0 Å². The van der Waals surface area contributed by atoms with Crippen molar-refractivity contribution in [2.45, 2.75) is 25.8 Å². The Hall–Kier alpha value is 0.270. The van der Waals surface area contributed by atoms with Crippen molar-refractivity contribution in [3.8, 4) is 0 Å². The molecule has 0 aromatic carbocycles. The van der Waals surface area contributed by atoms with E-state index in [-0.39, 0.29) is 6.61 Å². The monoisotopic (exact) mass is 177 g/mol. The van der Waals surface area contributed by atoms with Crippen LogP contribution in [0.3, 0.4) is 0 Å². The number of aliphatic hydroxyl groups is 1. The first-order chi connectivity index (χ1) is 5.35. The zero-order valence-electron chi connectivity index (χ0n) is 7.47. The number of aliphatic hydroxyl groups excluding tert-OH is 1. The molecule has 0 amide bonds. The van der Waals surface area contributed by atoms with Gasteiger partial charge >= 0.3 is 0 Å². The summed E-state index contributed by atoms with van der Waals surface area (Å²) >= 11 is 1.95. The molecule has 0 bridgehead atoms. The molecule has 0 radical (unpaired) electrons. The fourth-order valence-corrected chi connectivity index (χ4v) is 1.91. The van der Waals surface area contributed by atoms with Crippen LogP contribution < -0.4 is 5.32 Å². The minimum absolute atomic E-state index is 0.290. The highest BCUT2D eigenvalue weighted by Crippen LogP contribution is 2.06. The maximum absolute atomic E-state index is 8.68. The Morgan fingerprint density at radius 3 is 2.73 bits per heavy atom. The summed E-state index contributed by atoms with van der Waals surface area (Å²) in [5.41, 5.74) is 0. The van der Waals surface area contributed by atoms with E-state index in [1.165, 1.54) is 12.2 Å². The van der Waals surface area contributed by atoms with E-state index in [0.717, 1.165) is 12.2 Å². The summed E-state index contributed by atoms with van der Waals surface area (Å²) in [4.78, 5) is 0. The highest BCUT2D eigenvalue weighted by Gasteiger charge is 2.03. The SMILES string of the molecule is CCCSCC(CCO)NC. The lowest BCUT2D eigenvalue weighted by molar-refractivity contribution is 0.273. The van der Waals surface area contributed by atoms with Crippen LogP contribution >= 0.6 is 11.8 Å². The zero-order chi connectivity index (χ0) is 8.53. The molecule has 0 heterocycles. The molecular formula is C8H19NOS. The van der Waals surface area contributed by atoms with Crippen LogP contribution in [0.15, 0.2) is 0 Å². The third-order valence-electron chi connectivity index (χ3n) is 1.55. The maximum atomic E-state index is 8.68. The molecule has 0 rings (SSSR count). The minimum atomic E-state index is 0.290. The summed E-state index contributed by atoms with van der Waals surface area (Å²) in [7, 11) is 1.95. The van der Waals surface area contributed by atoms with Crippen LogP contribution in [0.5, 0.6) is 0 Å². The van der Waals surface area contributed by atoms with E-state index in [2.05, 4.69) is 12.2 Å². The molecule has 1 atom stereocenters. The fourth-order valence-electron chi connectivity index (χ4n) is 0.837. The van der Waals surface area contributed by atoms with Gasteiger partial charge in [0.25, 0.3) is 0 Å². The van der Waals surface area contributed by atoms with Gasteiger partial charge < -0.3 is 10.4 Å². The van der Waals surface area contributed by atoms with E-state index in [1.807, 2.05) is 18.8 Å². The van der Waals surface area contributed by atoms with Crippen molar-refractivity contribution in [2.75, 3.05) is 25.2 Å². The molecule has 11 heavy (non-hydrogen) atoms. The summed E-state index contributed by atoms with van der Waals surface area (Å²) in [6, 6.07) is 0.483. The van der Waals surface area contributed by atoms with E-state index >= 15 is 0 Å². The molecule has 0 spiro atoms. The second-order valence-electron chi connectivity index (χ2n) is 2.57. The smallest absolute Gasteiger partial charge is 0.0446 e. The molecule has 1 unspecified atom stereocenters. The van der Waals surface area contributed by atoms with Gasteiger partial charge in [-0.25, -0.2) is 0 Å². The molecule has 0 aromatic heterocycles. The topological polar surface area (TPSA) is 32.3 Å². The summed E-state index contributed by atoms with van der Waals surface area (Å²) in [6.07, 6.45) is 2.10. The molecular weight excluding hydrogens is 158 g/mol. The van der Waals surface area contributed by atoms with E-state index in [1.54, 1.807) is 0 Å². The first-order valence-electron chi connectivity index (χ1n) is 4.21. The van der Waals surface area contributed by atoms with Gasteiger partial charge in [0.2, 0.25) is 0 Å². The second kappa shape index (κ2) is 8.37. The Bertz CT molecular complexity index is 80.5. The number of thioether (sulfide) groups is 1. The number of nitrogens with one attached hydrogen (secondary N) is 1. The van der Waals surface area contributed by atoms with Gasteiger partial charge in [0.05, 0.1) is 0 Å². The predicted molar refractivity (Wildman–Crippen MR) is 52.2 cm³/mol. The highest BCUT2D eigenvalue weighted by atomic mass is 32.2. The first kappa shape index (κ1) is 11.3. The predicted octanol–water partition coefficient (Wildman–Crippen LogP) is 1.10. The van der Waals surface area contributed by atoms with Crippen molar-refractivity contribution in [3.05, 3.63) is 0 Å². The molecule has 0 aliphatic heterocycles. The van der Waals surface area contributed by atoms with Gasteiger partial charge in [-0.2, -0.15) is 11.8 Å². The molecule has 0 saturated carbocycles. The van der Waals surface area contributed by atoms with Crippen molar-refractivity contribution < 1.29 is 5.11 Å². The molecule has 2 nitrogen and oxygen atoms in total. The lowest BCUT2D eigenvalue weighted by atomic mass is 10.2. The van der Waals surface area contributed by atoms with Crippen LogP contribution in [0.25, 0.3) is 0 Å². The Balaban J connectivity index is 3.20. The zero-order valence-corrected chi connectivity index (χ0v) is 8.28. The van der Waals surface area contributed by atoms with Crippen LogP contribution in [-0.4, -0.2) is 36.3 Å². The Morgan fingerprint density at radius 2 is 2.27 bits per heavy atom. The Kier molecular flexibility index (Phi) is 8.57. The fraction of sp³-hybridized carbons (Fsp3) is 1.00. The molecule has 0 fully saturated rings. The normalized spacial score (nSPS) is 13.4. The van der Waals surface area contributed by atoms with Crippen molar-refractivity contribution >= 4 is 11.8 Å². The van der Waals surface area contributed by atoms with Crippen LogP contribution in [-0.2, 0) is 0 Å². The van der Waals surface area contributed by atoms with Crippen LogP contribution in [0.2, 0.25) is 0 Å². The third kappa shape index (κ3) is 6.66. The molecule has 2 N–H and O–H groups in total. The third-order valence-corrected chi connectivity index (χ3v) is 2.89. The van der Waals surface area contributed by atoms with Crippen LogP contribution in [0.1, 0.15) is 19.8 Å². The van der Waals surface area contributed by atoms with Gasteiger partial charge in [0, 0.05) is 18.4 Å². The molecule has 68 valence electrons. The van der Waals surface area contributed by atoms with Crippen molar-refractivity contribution in [1.82, 2.24) is 5.32 Å². The lowest BCUT2D eigenvalue weighted by Gasteiger charge is -2.13. The maximum Gasteiger partial charge on any atom is 0.0446 e. The Morgan fingerprint density at radius 1 is 1.55 bits per heavy atom. The quantitative estimate of drug-likeness (QED) is 0.571. The summed E-state index contributed by atoms with van der Waals surface area (Å²) in [5.74, 6) is 2.34. The van der Waals surface area contributed by atoms with Gasteiger partial charge in [-0.1, -0.05) is 6.92 Å². The number of hydrogen-bond acceptors (Lipinski definition) is 3. The number of rotatable bonds is 7. The molecule has 0 saturated heterocycles. The largest absolute Gasteiger partial charge is 0.396 e. The summed E-state index contributed by atoms with van der Waals surface area (Å²) in [6.45, 7) is 2.48. The molecule has 3 heteroatoms. The van der Waals surface area contributed by atoms with Crippen molar-refractivity contribution in [2.24, 2.45) is 0 Å². The number of hydrogen-bond donors (Lipinski definition) is 2. The lowest BCUT2D eigenvalue weighted by Crippen LogP contribution is -2.28. The minimum Gasteiger partial charge on any atom is -0.396 e. The van der Waals surface area contributed by atoms with Gasteiger partial charge in [-0.15, -0.1) is 0 Å². The van der Waals surface area contributed by atoms with Gasteiger partial charge in [0.15, 0.2) is 0 Å². The molecule has 0 aromatic rings. The van der Waals surface area contributed by atoms with Gasteiger partial charge in [-0.05, 0) is 25.6 Å². The first-order valence-corrected chi connectivity index (χ1v) is 5.36. The second-order valence-corrected chi connectivity index (χ2v) is 3.72. The van der Waals surface area contributed by atoms with Gasteiger partial charge in [0.1, 0.15) is 0 Å². The average Bonchev–Trinajstić information content (AvgIpc) is 2.03.